The molecule has 2 aromatic rings. The third-order valence-electron chi connectivity index (χ3n) is 4.86. The minimum absolute atomic E-state index is 0.174. The molecular weight excluding hydrogens is 444 g/mol. The van der Waals surface area contributed by atoms with Crippen LogP contribution in [0.15, 0.2) is 42.5 Å². The lowest BCUT2D eigenvalue weighted by Gasteiger charge is -2.25. The van der Waals surface area contributed by atoms with Crippen LogP contribution < -0.4 is 31.2 Å². The van der Waals surface area contributed by atoms with E-state index in [1.807, 2.05) is 18.2 Å². The van der Waals surface area contributed by atoms with Gasteiger partial charge in [0.2, 0.25) is 11.6 Å². The number of benzene rings is 1. The van der Waals surface area contributed by atoms with Crippen molar-refractivity contribution in [2.45, 2.75) is 32.2 Å². The van der Waals surface area contributed by atoms with Crippen LogP contribution in [0.2, 0.25) is 0 Å². The minimum Gasteiger partial charge on any atom is -0.545 e. The van der Waals surface area contributed by atoms with Crippen molar-refractivity contribution in [1.82, 2.24) is 0 Å². The van der Waals surface area contributed by atoms with E-state index in [1.54, 1.807) is 20.1 Å². The maximum absolute atomic E-state index is 11.5. The Morgan fingerprint density at radius 1 is 1.26 bits per heavy atom. The highest BCUT2D eigenvalue weighted by Gasteiger charge is 2.25. The molecule has 1 unspecified atom stereocenters. The average Bonchev–Trinajstić information content (AvgIpc) is 2.80. The summed E-state index contributed by atoms with van der Waals surface area (Å²) in [5.41, 5.74) is 9.01. The Morgan fingerprint density at radius 3 is 2.62 bits per heavy atom. The highest BCUT2D eigenvalue weighted by Crippen LogP contribution is 2.36. The summed E-state index contributed by atoms with van der Waals surface area (Å²) in [7, 11) is 1.70. The molecule has 1 aromatic heterocycles. The Bertz CT molecular complexity index is 1040. The fraction of sp³-hybridized carbons (Fsp3) is 0.304. The lowest BCUT2D eigenvalue weighted by Crippen LogP contribution is -2.25. The van der Waals surface area contributed by atoms with E-state index < -0.39 is 18.0 Å². The average molecular weight is 472 g/mol. The molecule has 11 nitrogen and oxygen atoms in total. The van der Waals surface area contributed by atoms with Gasteiger partial charge in [-0.3, -0.25) is 10.6 Å². The first-order valence-electron chi connectivity index (χ1n) is 10.5. The molecule has 0 fully saturated rings. The van der Waals surface area contributed by atoms with Gasteiger partial charge in [0.05, 0.1) is 25.7 Å². The van der Waals surface area contributed by atoms with Gasteiger partial charge in [0, 0.05) is 17.7 Å². The van der Waals surface area contributed by atoms with Crippen molar-refractivity contribution < 1.29 is 39.1 Å². The summed E-state index contributed by atoms with van der Waals surface area (Å²) in [6, 6.07) is 9.93. The van der Waals surface area contributed by atoms with Crippen LogP contribution in [-0.2, 0) is 20.7 Å². The summed E-state index contributed by atoms with van der Waals surface area (Å²) in [4.78, 5) is 33.6. The minimum atomic E-state index is -1.51. The number of rotatable bonds is 7. The zero-order chi connectivity index (χ0) is 25.1. The van der Waals surface area contributed by atoms with E-state index in [-0.39, 0.29) is 6.04 Å². The van der Waals surface area contributed by atoms with E-state index in [1.165, 1.54) is 11.1 Å². The van der Waals surface area contributed by atoms with E-state index >= 15 is 0 Å². The fourth-order valence-electron chi connectivity index (χ4n) is 3.46. The van der Waals surface area contributed by atoms with Crippen LogP contribution in [0.25, 0.3) is 0 Å². The molecule has 1 heterocycles. The van der Waals surface area contributed by atoms with Crippen LogP contribution >= 0.6 is 0 Å². The maximum atomic E-state index is 11.5. The molecule has 34 heavy (non-hydrogen) atoms. The van der Waals surface area contributed by atoms with Crippen LogP contribution in [0.1, 0.15) is 36.9 Å². The van der Waals surface area contributed by atoms with E-state index in [0.29, 0.717) is 30.3 Å². The van der Waals surface area contributed by atoms with Gasteiger partial charge in [-0.2, -0.15) is 0 Å². The number of nitrogens with two attached hydrogens (primary N) is 1. The van der Waals surface area contributed by atoms with Gasteiger partial charge in [0.25, 0.3) is 0 Å². The lowest BCUT2D eigenvalue weighted by atomic mass is 9.87. The summed E-state index contributed by atoms with van der Waals surface area (Å²) >= 11 is 0. The normalized spacial score (nSPS) is 14.2. The Kier molecular flexibility index (Phi) is 9.69. The number of pyridine rings is 1. The van der Waals surface area contributed by atoms with E-state index in [2.05, 4.69) is 21.7 Å². The third-order valence-corrected chi connectivity index (χ3v) is 4.86. The smallest absolute Gasteiger partial charge is 0.411 e. The van der Waals surface area contributed by atoms with Crippen LogP contribution in [0.3, 0.4) is 0 Å². The number of nitrogens with one attached hydrogen (secondary N) is 3. The Labute approximate surface area is 196 Å². The number of ether oxygens (including phenoxy) is 2. The standard InChI is InChI=1S/C19H24N4O3.C4H4O4/c1-3-26-19(24)22-15-10-11-17(23-18(15)20)21-14-8-4-7-13-12(14)6-5-9-16(13)25-2;5-3(6)1-2-4(7)8/h5-6,9-11,14H,3-4,7-8H2,1-2H3,(H,22,24)(H3,20,21,23);1-2H,(H,5,6)(H,7,8)/b;2-1+. The number of anilines is 3. The highest BCUT2D eigenvalue weighted by molar-refractivity contribution is 5.88. The summed E-state index contributed by atoms with van der Waals surface area (Å²) in [6.45, 7) is 2.05. The number of hydrogen-bond acceptors (Lipinski definition) is 8. The Hall–Kier alpha value is -4.28. The summed E-state index contributed by atoms with van der Waals surface area (Å²) in [5.74, 6) is -0.713. The summed E-state index contributed by atoms with van der Waals surface area (Å²) in [6.07, 6.45) is 3.55. The number of hydrogen-bond donors (Lipinski definition) is 4. The molecule has 0 aliphatic heterocycles. The number of nitrogen functional groups attached to an aromatic ring is 1. The topological polar surface area (TPSA) is 177 Å². The molecule has 0 saturated heterocycles. The number of aromatic amines is 1. The first kappa shape index (κ1) is 26.0. The molecule has 0 spiro atoms. The van der Waals surface area contributed by atoms with Crippen molar-refractivity contribution >= 4 is 35.4 Å². The Balaban J connectivity index is 0.000000440. The second-order valence-corrected chi connectivity index (χ2v) is 7.15. The van der Waals surface area contributed by atoms with E-state index in [9.17, 15) is 19.5 Å². The van der Waals surface area contributed by atoms with E-state index in [0.717, 1.165) is 30.8 Å². The first-order chi connectivity index (χ1) is 16.2. The van der Waals surface area contributed by atoms with Crippen molar-refractivity contribution in [1.29, 1.82) is 0 Å². The van der Waals surface area contributed by atoms with Crippen molar-refractivity contribution in [3.05, 3.63) is 53.6 Å². The van der Waals surface area contributed by atoms with Crippen molar-refractivity contribution in [2.75, 3.05) is 30.1 Å². The molecule has 11 heteroatoms. The number of amides is 1. The second-order valence-electron chi connectivity index (χ2n) is 7.15. The van der Waals surface area contributed by atoms with Gasteiger partial charge in [-0.25, -0.2) is 14.6 Å². The number of carbonyl (C=O) groups excluding carboxylic acids is 2. The second kappa shape index (κ2) is 12.7. The van der Waals surface area contributed by atoms with Gasteiger partial charge in [-0.15, -0.1) is 0 Å². The summed E-state index contributed by atoms with van der Waals surface area (Å²) in [5, 5.41) is 23.3. The molecule has 1 aliphatic carbocycles. The van der Waals surface area contributed by atoms with Crippen LogP contribution in [-0.4, -0.2) is 36.9 Å². The monoisotopic (exact) mass is 472 g/mol. The summed E-state index contributed by atoms with van der Waals surface area (Å²) < 4.78 is 10.4. The highest BCUT2D eigenvalue weighted by atomic mass is 16.5. The van der Waals surface area contributed by atoms with Crippen LogP contribution in [0, 0.1) is 0 Å². The number of carboxylic acids is 2. The van der Waals surface area contributed by atoms with Gasteiger partial charge in [-0.05, 0) is 50.0 Å². The molecule has 0 bridgehead atoms. The van der Waals surface area contributed by atoms with E-state index in [4.69, 9.17) is 20.3 Å². The molecule has 1 atom stereocenters. The van der Waals surface area contributed by atoms with Crippen LogP contribution in [0.4, 0.5) is 22.1 Å². The molecule has 182 valence electrons. The van der Waals surface area contributed by atoms with Crippen LogP contribution in [0.5, 0.6) is 5.75 Å². The van der Waals surface area contributed by atoms with Gasteiger partial charge in [0.15, 0.2) is 0 Å². The molecule has 6 N–H and O–H groups in total. The number of fused-ring (bicyclic) bond motifs is 1. The van der Waals surface area contributed by atoms with Crippen molar-refractivity contribution in [3.8, 4) is 5.75 Å². The predicted molar refractivity (Wildman–Crippen MR) is 122 cm³/mol. The van der Waals surface area contributed by atoms with Gasteiger partial charge in [0.1, 0.15) is 11.4 Å². The molecule has 1 amide bonds. The molecular formula is C23H28N4O7. The molecule has 1 aliphatic rings. The third kappa shape index (κ3) is 7.69. The molecule has 3 rings (SSSR count). The number of carboxylic acid groups (broad SMARTS) is 2. The maximum Gasteiger partial charge on any atom is 0.411 e. The van der Waals surface area contributed by atoms with Gasteiger partial charge >= 0.3 is 12.1 Å². The van der Waals surface area contributed by atoms with Gasteiger partial charge < -0.3 is 30.2 Å². The SMILES string of the molecule is CCOC(=O)Nc1ccc(NC2CCCc3c(OC)cccc32)[nH+]c1N.O=C([O-])/C=C/C(=O)O. The quantitative estimate of drug-likeness (QED) is 0.435. The lowest BCUT2D eigenvalue weighted by molar-refractivity contribution is -0.342. The van der Waals surface area contributed by atoms with Gasteiger partial charge in [-0.1, -0.05) is 12.1 Å². The number of methoxy groups -OCH3 is 1. The predicted octanol–water partition coefficient (Wildman–Crippen LogP) is 1.53. The number of aliphatic carboxylic acids is 2. The zero-order valence-electron chi connectivity index (χ0n) is 18.9. The number of carbonyl (C=O) groups is 3. The first-order valence-corrected chi connectivity index (χ1v) is 10.5. The number of H-pyrrole nitrogens is 1. The number of aromatic nitrogens is 1. The fourth-order valence-corrected chi connectivity index (χ4v) is 3.46. The molecule has 0 saturated carbocycles. The molecule has 1 aromatic carbocycles. The molecule has 0 radical (unpaired) electrons. The van der Waals surface area contributed by atoms with Crippen molar-refractivity contribution in [2.24, 2.45) is 0 Å². The Morgan fingerprint density at radius 2 is 2.03 bits per heavy atom. The van der Waals surface area contributed by atoms with Crippen molar-refractivity contribution in [3.63, 3.8) is 0 Å². The zero-order valence-corrected chi connectivity index (χ0v) is 18.9. The largest absolute Gasteiger partial charge is 0.545 e.